The molecule has 0 unspecified atom stereocenters. The number of aromatic amines is 1. The van der Waals surface area contributed by atoms with Gasteiger partial charge in [-0.3, -0.25) is 14.2 Å². The number of anilines is 1. The molecule has 1 aromatic heterocycles. The molecule has 0 saturated carbocycles. The molecule has 1 saturated heterocycles. The van der Waals surface area contributed by atoms with E-state index in [-0.39, 0.29) is 25.2 Å². The fourth-order valence-corrected chi connectivity index (χ4v) is 5.69. The minimum absolute atomic E-state index is 0.133. The summed E-state index contributed by atoms with van der Waals surface area (Å²) in [7, 11) is 0. The monoisotopic (exact) mass is 464 g/mol. The average molecular weight is 465 g/mol. The Labute approximate surface area is 202 Å². The molecule has 182 valence electrons. The van der Waals surface area contributed by atoms with Crippen LogP contribution in [-0.4, -0.2) is 71.4 Å². The second-order valence-electron chi connectivity index (χ2n) is 10.3. The van der Waals surface area contributed by atoms with Crippen molar-refractivity contribution in [2.45, 2.75) is 44.8 Å². The SMILES string of the molecule is C[C@@H](CO)CN1[C@H](c2ccc(NC3CN(CCCF)C3)cc2)c2[nH]c3ccccc3c2C[C@H]1C. The van der Waals surface area contributed by atoms with Gasteiger partial charge in [-0.2, -0.15) is 0 Å². The maximum atomic E-state index is 12.4. The second-order valence-corrected chi connectivity index (χ2v) is 10.3. The summed E-state index contributed by atoms with van der Waals surface area (Å²) in [5.74, 6) is 0.218. The molecule has 5 rings (SSSR count). The van der Waals surface area contributed by atoms with Crippen LogP contribution in [0.25, 0.3) is 10.9 Å². The Kier molecular flexibility index (Phi) is 6.91. The van der Waals surface area contributed by atoms with Crippen molar-refractivity contribution < 1.29 is 9.50 Å². The maximum absolute atomic E-state index is 12.4. The van der Waals surface area contributed by atoms with E-state index in [1.54, 1.807) is 0 Å². The number of halogens is 1. The molecular weight excluding hydrogens is 427 g/mol. The summed E-state index contributed by atoms with van der Waals surface area (Å²) in [6, 6.07) is 18.4. The molecule has 6 heteroatoms. The van der Waals surface area contributed by atoms with Crippen LogP contribution in [0.2, 0.25) is 0 Å². The molecule has 2 aliphatic heterocycles. The summed E-state index contributed by atoms with van der Waals surface area (Å²) in [6.07, 6.45) is 1.64. The van der Waals surface area contributed by atoms with Gasteiger partial charge in [0.15, 0.2) is 0 Å². The molecule has 0 amide bonds. The van der Waals surface area contributed by atoms with E-state index in [2.05, 4.69) is 82.5 Å². The summed E-state index contributed by atoms with van der Waals surface area (Å²) in [4.78, 5) is 8.59. The van der Waals surface area contributed by atoms with Crippen molar-refractivity contribution in [2.24, 2.45) is 5.92 Å². The zero-order valence-corrected chi connectivity index (χ0v) is 20.3. The van der Waals surface area contributed by atoms with Crippen molar-refractivity contribution >= 4 is 16.6 Å². The molecule has 34 heavy (non-hydrogen) atoms. The zero-order chi connectivity index (χ0) is 23.7. The van der Waals surface area contributed by atoms with Crippen LogP contribution in [0.5, 0.6) is 0 Å². The molecule has 0 spiro atoms. The summed E-state index contributed by atoms with van der Waals surface area (Å²) in [5.41, 5.74) is 6.31. The molecule has 3 N–H and O–H groups in total. The second kappa shape index (κ2) is 10.1. The van der Waals surface area contributed by atoms with Crippen LogP contribution < -0.4 is 5.32 Å². The fourth-order valence-electron chi connectivity index (χ4n) is 5.69. The number of benzene rings is 2. The van der Waals surface area contributed by atoms with E-state index in [1.165, 1.54) is 27.7 Å². The molecule has 5 nitrogen and oxygen atoms in total. The standard InChI is InChI=1S/C28H37FN4O/c1-19(18-34)15-33-20(2)14-25-24-6-3-4-7-26(24)31-27(25)28(33)21-8-10-22(11-9-21)30-23-16-32(17-23)13-5-12-29/h3-4,6-11,19-20,23,28,30-31,34H,5,12-18H2,1-2H3/t19-,20-,28-/m1/s1. The lowest BCUT2D eigenvalue weighted by Gasteiger charge is -2.42. The van der Waals surface area contributed by atoms with Crippen LogP contribution >= 0.6 is 0 Å². The van der Waals surface area contributed by atoms with Gasteiger partial charge in [0.05, 0.1) is 18.8 Å². The Hall–Kier alpha value is -2.41. The van der Waals surface area contributed by atoms with Gasteiger partial charge in [-0.25, -0.2) is 0 Å². The topological polar surface area (TPSA) is 54.5 Å². The summed E-state index contributed by atoms with van der Waals surface area (Å²) >= 11 is 0. The smallest absolute Gasteiger partial charge is 0.0906 e. The Bertz CT molecular complexity index is 1090. The number of rotatable bonds is 9. The van der Waals surface area contributed by atoms with Gasteiger partial charge in [0.1, 0.15) is 0 Å². The van der Waals surface area contributed by atoms with E-state index in [4.69, 9.17) is 0 Å². The van der Waals surface area contributed by atoms with Crippen LogP contribution in [0.15, 0.2) is 48.5 Å². The number of hydrogen-bond donors (Lipinski definition) is 3. The van der Waals surface area contributed by atoms with E-state index in [0.29, 0.717) is 18.5 Å². The van der Waals surface area contributed by atoms with Crippen LogP contribution in [0.3, 0.4) is 0 Å². The lowest BCUT2D eigenvalue weighted by atomic mass is 9.88. The third-order valence-electron chi connectivity index (χ3n) is 7.51. The van der Waals surface area contributed by atoms with Crippen molar-refractivity contribution in [3.8, 4) is 0 Å². The van der Waals surface area contributed by atoms with E-state index in [0.717, 1.165) is 38.3 Å². The highest BCUT2D eigenvalue weighted by Crippen LogP contribution is 2.41. The van der Waals surface area contributed by atoms with Gasteiger partial charge in [0.25, 0.3) is 0 Å². The molecule has 0 aliphatic carbocycles. The number of hydrogen-bond acceptors (Lipinski definition) is 4. The van der Waals surface area contributed by atoms with E-state index in [1.807, 2.05) is 0 Å². The number of nitrogens with zero attached hydrogens (tertiary/aromatic N) is 2. The Balaban J connectivity index is 1.39. The fraction of sp³-hybridized carbons (Fsp3) is 0.500. The van der Waals surface area contributed by atoms with Crippen molar-refractivity contribution in [1.29, 1.82) is 0 Å². The molecule has 2 aliphatic rings. The molecule has 0 radical (unpaired) electrons. The Morgan fingerprint density at radius 2 is 1.91 bits per heavy atom. The molecule has 0 bridgehead atoms. The van der Waals surface area contributed by atoms with Gasteiger partial charge >= 0.3 is 0 Å². The van der Waals surface area contributed by atoms with Gasteiger partial charge in [-0.15, -0.1) is 0 Å². The quantitative estimate of drug-likeness (QED) is 0.434. The lowest BCUT2D eigenvalue weighted by Crippen LogP contribution is -2.54. The van der Waals surface area contributed by atoms with Crippen LogP contribution in [0.4, 0.5) is 10.1 Å². The predicted molar refractivity (Wildman–Crippen MR) is 137 cm³/mol. The molecule has 3 heterocycles. The molecule has 3 aromatic rings. The van der Waals surface area contributed by atoms with Crippen LogP contribution in [-0.2, 0) is 6.42 Å². The van der Waals surface area contributed by atoms with Crippen molar-refractivity contribution in [3.05, 3.63) is 65.4 Å². The Morgan fingerprint density at radius 1 is 1.15 bits per heavy atom. The van der Waals surface area contributed by atoms with Gasteiger partial charge in [0.2, 0.25) is 0 Å². The minimum atomic E-state index is -0.234. The summed E-state index contributed by atoms with van der Waals surface area (Å²) in [5, 5.41) is 14.7. The highest BCUT2D eigenvalue weighted by atomic mass is 19.1. The number of aliphatic hydroxyl groups is 1. The van der Waals surface area contributed by atoms with E-state index < -0.39 is 0 Å². The van der Waals surface area contributed by atoms with Gasteiger partial charge in [-0.1, -0.05) is 37.3 Å². The highest BCUT2D eigenvalue weighted by Gasteiger charge is 2.36. The minimum Gasteiger partial charge on any atom is -0.396 e. The third kappa shape index (κ3) is 4.59. The first kappa shape index (κ1) is 23.3. The largest absolute Gasteiger partial charge is 0.396 e. The van der Waals surface area contributed by atoms with Crippen molar-refractivity contribution in [2.75, 3.05) is 44.8 Å². The molecule has 3 atom stereocenters. The Morgan fingerprint density at radius 3 is 2.65 bits per heavy atom. The average Bonchev–Trinajstić information content (AvgIpc) is 3.19. The number of alkyl halides is 1. The molecule has 1 fully saturated rings. The number of H-pyrrole nitrogens is 1. The first-order valence-corrected chi connectivity index (χ1v) is 12.7. The molecule has 2 aromatic carbocycles. The highest BCUT2D eigenvalue weighted by molar-refractivity contribution is 5.85. The van der Waals surface area contributed by atoms with Crippen molar-refractivity contribution in [1.82, 2.24) is 14.8 Å². The van der Waals surface area contributed by atoms with E-state index >= 15 is 0 Å². The summed E-state index contributed by atoms with van der Waals surface area (Å²) in [6.45, 7) is 8.05. The molecular formula is C28H37FN4O. The van der Waals surface area contributed by atoms with Crippen molar-refractivity contribution in [3.63, 3.8) is 0 Å². The number of nitrogens with one attached hydrogen (secondary N) is 2. The third-order valence-corrected chi connectivity index (χ3v) is 7.51. The summed E-state index contributed by atoms with van der Waals surface area (Å²) < 4.78 is 12.4. The van der Waals surface area contributed by atoms with Gasteiger partial charge < -0.3 is 15.4 Å². The number of likely N-dealkylation sites (tertiary alicyclic amines) is 1. The van der Waals surface area contributed by atoms with E-state index in [9.17, 15) is 9.50 Å². The normalized spacial score (nSPS) is 22.5. The zero-order valence-electron chi connectivity index (χ0n) is 20.3. The van der Waals surface area contributed by atoms with Crippen LogP contribution in [0.1, 0.15) is 43.1 Å². The number of aromatic nitrogens is 1. The van der Waals surface area contributed by atoms with Gasteiger partial charge in [0, 0.05) is 61.1 Å². The first-order valence-electron chi connectivity index (χ1n) is 12.7. The number of fused-ring (bicyclic) bond motifs is 3. The first-order chi connectivity index (χ1) is 16.6. The van der Waals surface area contributed by atoms with Gasteiger partial charge in [-0.05, 0) is 55.0 Å². The maximum Gasteiger partial charge on any atom is 0.0906 e. The number of aliphatic hydroxyl groups excluding tert-OH is 1. The van der Waals surface area contributed by atoms with Crippen LogP contribution in [0, 0.1) is 5.92 Å². The lowest BCUT2D eigenvalue weighted by molar-refractivity contribution is 0.104. The number of para-hydroxylation sites is 1. The predicted octanol–water partition coefficient (Wildman–Crippen LogP) is 4.59.